The maximum absolute atomic E-state index is 4.09. The predicted octanol–water partition coefficient (Wildman–Crippen LogP) is 2.40. The first-order chi connectivity index (χ1) is 7.77. The summed E-state index contributed by atoms with van der Waals surface area (Å²) in [5.74, 6) is 0.415. The summed E-state index contributed by atoms with van der Waals surface area (Å²) < 4.78 is 1.81. The molecule has 0 saturated carbocycles. The Hall–Kier alpha value is -1.97. The van der Waals surface area contributed by atoms with Crippen LogP contribution in [0.2, 0.25) is 0 Å². The highest BCUT2D eigenvalue weighted by Crippen LogP contribution is 2.24. The topological polar surface area (TPSA) is 43.1 Å². The number of benzene rings is 1. The number of pyridine rings is 1. The number of nitrogens with zero attached hydrogens (tertiary/aromatic N) is 4. The Labute approximate surface area is 92.9 Å². The summed E-state index contributed by atoms with van der Waals surface area (Å²) in [4.78, 5) is 0. The van der Waals surface area contributed by atoms with E-state index < -0.39 is 0 Å². The lowest BCUT2D eigenvalue weighted by Gasteiger charge is -2.08. The van der Waals surface area contributed by atoms with Crippen molar-refractivity contribution in [2.45, 2.75) is 19.8 Å². The van der Waals surface area contributed by atoms with E-state index in [1.165, 1.54) is 10.9 Å². The number of aromatic nitrogens is 4. The van der Waals surface area contributed by atoms with E-state index in [-0.39, 0.29) is 0 Å². The molecule has 0 radical (unpaired) electrons. The van der Waals surface area contributed by atoms with Crippen LogP contribution in [0.3, 0.4) is 0 Å². The molecule has 80 valence electrons. The zero-order valence-corrected chi connectivity index (χ0v) is 9.25. The minimum atomic E-state index is 0.415. The highest BCUT2D eigenvalue weighted by molar-refractivity contribution is 5.83. The normalized spacial score (nSPS) is 11.7. The number of rotatable bonds is 1. The first-order valence-electron chi connectivity index (χ1n) is 5.37. The van der Waals surface area contributed by atoms with Gasteiger partial charge in [0.15, 0.2) is 5.65 Å². The third-order valence-corrected chi connectivity index (χ3v) is 2.83. The van der Waals surface area contributed by atoms with Gasteiger partial charge in [-0.05, 0) is 28.5 Å². The molecule has 0 spiro atoms. The summed E-state index contributed by atoms with van der Waals surface area (Å²) in [6, 6.07) is 10.3. The van der Waals surface area contributed by atoms with Crippen LogP contribution in [0.25, 0.3) is 16.6 Å². The second kappa shape index (κ2) is 3.27. The van der Waals surface area contributed by atoms with Gasteiger partial charge in [0.25, 0.3) is 0 Å². The van der Waals surface area contributed by atoms with Crippen LogP contribution in [0.4, 0.5) is 0 Å². The van der Waals surface area contributed by atoms with Crippen LogP contribution in [0.5, 0.6) is 0 Å². The fraction of sp³-hybridized carbons (Fsp3) is 0.250. The molecule has 0 fully saturated rings. The lowest BCUT2D eigenvalue weighted by Crippen LogP contribution is -1.97. The van der Waals surface area contributed by atoms with Crippen molar-refractivity contribution in [2.24, 2.45) is 0 Å². The quantitative estimate of drug-likeness (QED) is 0.622. The summed E-state index contributed by atoms with van der Waals surface area (Å²) in [6.07, 6.45) is 0. The Morgan fingerprint density at radius 3 is 2.81 bits per heavy atom. The molecule has 1 aromatic carbocycles. The van der Waals surface area contributed by atoms with E-state index in [1.807, 2.05) is 22.7 Å². The molecule has 2 heterocycles. The molecule has 0 aliphatic rings. The first kappa shape index (κ1) is 9.27. The number of hydrogen-bond acceptors (Lipinski definition) is 3. The van der Waals surface area contributed by atoms with Crippen molar-refractivity contribution in [3.05, 3.63) is 35.9 Å². The van der Waals surface area contributed by atoms with Crippen LogP contribution in [0.1, 0.15) is 25.3 Å². The maximum atomic E-state index is 4.09. The molecule has 0 saturated heterocycles. The van der Waals surface area contributed by atoms with Crippen LogP contribution in [-0.4, -0.2) is 20.0 Å². The van der Waals surface area contributed by atoms with Crippen molar-refractivity contribution in [1.82, 2.24) is 20.0 Å². The third-order valence-electron chi connectivity index (χ3n) is 2.83. The summed E-state index contributed by atoms with van der Waals surface area (Å²) in [5, 5.41) is 13.1. The van der Waals surface area contributed by atoms with Gasteiger partial charge in [0.1, 0.15) is 0 Å². The fourth-order valence-corrected chi connectivity index (χ4v) is 1.99. The molecule has 3 rings (SSSR count). The Kier molecular flexibility index (Phi) is 1.89. The van der Waals surface area contributed by atoms with Crippen molar-refractivity contribution >= 4 is 16.6 Å². The van der Waals surface area contributed by atoms with E-state index in [0.29, 0.717) is 5.92 Å². The van der Waals surface area contributed by atoms with Crippen molar-refractivity contribution < 1.29 is 0 Å². The second-order valence-electron chi connectivity index (χ2n) is 4.23. The SMILES string of the molecule is CC(C)c1cc2ccccc2n2nnnc12. The second-order valence-corrected chi connectivity index (χ2v) is 4.23. The molecule has 16 heavy (non-hydrogen) atoms. The van der Waals surface area contributed by atoms with Crippen molar-refractivity contribution in [3.8, 4) is 0 Å². The average Bonchev–Trinajstić information content (AvgIpc) is 2.76. The summed E-state index contributed by atoms with van der Waals surface area (Å²) in [5.41, 5.74) is 3.09. The van der Waals surface area contributed by atoms with Gasteiger partial charge in [-0.3, -0.25) is 0 Å². The number of para-hydroxylation sites is 1. The molecule has 0 N–H and O–H groups in total. The van der Waals surface area contributed by atoms with Crippen LogP contribution in [0, 0.1) is 0 Å². The predicted molar refractivity (Wildman–Crippen MR) is 62.4 cm³/mol. The molecule has 0 aliphatic carbocycles. The minimum absolute atomic E-state index is 0.415. The minimum Gasteiger partial charge on any atom is -0.193 e. The average molecular weight is 212 g/mol. The van der Waals surface area contributed by atoms with E-state index in [9.17, 15) is 0 Å². The summed E-state index contributed by atoms with van der Waals surface area (Å²) >= 11 is 0. The zero-order valence-electron chi connectivity index (χ0n) is 9.25. The van der Waals surface area contributed by atoms with Gasteiger partial charge in [0, 0.05) is 10.9 Å². The molecule has 0 amide bonds. The summed E-state index contributed by atoms with van der Waals surface area (Å²) in [6.45, 7) is 4.30. The van der Waals surface area contributed by atoms with E-state index in [2.05, 4.69) is 41.5 Å². The molecule has 0 unspecified atom stereocenters. The maximum Gasteiger partial charge on any atom is 0.183 e. The number of tetrazole rings is 1. The van der Waals surface area contributed by atoms with Gasteiger partial charge in [-0.1, -0.05) is 32.0 Å². The van der Waals surface area contributed by atoms with Crippen molar-refractivity contribution in [3.63, 3.8) is 0 Å². The van der Waals surface area contributed by atoms with Gasteiger partial charge in [-0.25, -0.2) is 0 Å². The molecule has 0 atom stereocenters. The van der Waals surface area contributed by atoms with Gasteiger partial charge >= 0.3 is 0 Å². The summed E-state index contributed by atoms with van der Waals surface area (Å²) in [7, 11) is 0. The van der Waals surface area contributed by atoms with Gasteiger partial charge < -0.3 is 0 Å². The largest absolute Gasteiger partial charge is 0.193 e. The lowest BCUT2D eigenvalue weighted by atomic mass is 10.0. The first-order valence-corrected chi connectivity index (χ1v) is 5.37. The molecular weight excluding hydrogens is 200 g/mol. The van der Waals surface area contributed by atoms with Crippen LogP contribution in [-0.2, 0) is 0 Å². The van der Waals surface area contributed by atoms with Gasteiger partial charge in [-0.2, -0.15) is 4.52 Å². The van der Waals surface area contributed by atoms with Crippen molar-refractivity contribution in [1.29, 1.82) is 0 Å². The lowest BCUT2D eigenvalue weighted by molar-refractivity contribution is 0.836. The molecule has 2 aromatic heterocycles. The number of hydrogen-bond donors (Lipinski definition) is 0. The molecule has 0 bridgehead atoms. The van der Waals surface area contributed by atoms with Gasteiger partial charge in [0.2, 0.25) is 0 Å². The Morgan fingerprint density at radius 2 is 2.00 bits per heavy atom. The zero-order chi connectivity index (χ0) is 11.1. The van der Waals surface area contributed by atoms with E-state index in [1.54, 1.807) is 0 Å². The Balaban J connectivity index is 2.53. The molecule has 4 heteroatoms. The van der Waals surface area contributed by atoms with E-state index in [0.717, 1.165) is 11.2 Å². The smallest absolute Gasteiger partial charge is 0.183 e. The van der Waals surface area contributed by atoms with Crippen LogP contribution < -0.4 is 0 Å². The van der Waals surface area contributed by atoms with Crippen LogP contribution in [0.15, 0.2) is 30.3 Å². The standard InChI is InChI=1S/C12H12N4/c1-8(2)10-7-9-5-3-4-6-11(9)16-12(10)13-14-15-16/h3-8H,1-2H3. The molecule has 0 aliphatic heterocycles. The Bertz CT molecular complexity index is 654. The highest BCUT2D eigenvalue weighted by atomic mass is 15.5. The molecular formula is C12H12N4. The van der Waals surface area contributed by atoms with Crippen molar-refractivity contribution in [2.75, 3.05) is 0 Å². The monoisotopic (exact) mass is 212 g/mol. The third kappa shape index (κ3) is 1.19. The van der Waals surface area contributed by atoms with E-state index >= 15 is 0 Å². The molecule has 4 nitrogen and oxygen atoms in total. The van der Waals surface area contributed by atoms with Gasteiger partial charge in [0.05, 0.1) is 5.52 Å². The van der Waals surface area contributed by atoms with Gasteiger partial charge in [-0.15, -0.1) is 5.10 Å². The fourth-order valence-electron chi connectivity index (χ4n) is 1.99. The van der Waals surface area contributed by atoms with Crippen LogP contribution >= 0.6 is 0 Å². The van der Waals surface area contributed by atoms with E-state index in [4.69, 9.17) is 0 Å². The highest BCUT2D eigenvalue weighted by Gasteiger charge is 2.11. The molecule has 3 aromatic rings. The number of fused-ring (bicyclic) bond motifs is 3. The Morgan fingerprint density at radius 1 is 1.19 bits per heavy atom.